The first-order valence-corrected chi connectivity index (χ1v) is 15.3. The Morgan fingerprint density at radius 2 is 1.81 bits per heavy atom. The van der Waals surface area contributed by atoms with E-state index in [2.05, 4.69) is 15.6 Å². The molecule has 0 unspecified atom stereocenters. The van der Waals surface area contributed by atoms with E-state index in [0.29, 0.717) is 11.4 Å². The van der Waals surface area contributed by atoms with Crippen LogP contribution in [0.1, 0.15) is 28.5 Å². The van der Waals surface area contributed by atoms with Crippen LogP contribution in [0.3, 0.4) is 0 Å². The average molecular weight is 606 g/mol. The number of likely N-dealkylation sites (N-methyl/N-ethyl adjacent to an activating group) is 1. The summed E-state index contributed by atoms with van der Waals surface area (Å²) in [4.78, 5) is 40.5. The summed E-state index contributed by atoms with van der Waals surface area (Å²) in [5, 5.41) is 12.9. The molecule has 2 aromatic heterocycles. The van der Waals surface area contributed by atoms with Crippen molar-refractivity contribution in [1.29, 1.82) is 0 Å². The molecule has 2 amide bonds. The van der Waals surface area contributed by atoms with E-state index in [1.807, 2.05) is 12.1 Å². The molecular weight excluding hydrogens is 574 g/mol. The van der Waals surface area contributed by atoms with Crippen LogP contribution in [0.5, 0.6) is 5.75 Å². The molecule has 2 aliphatic rings. The van der Waals surface area contributed by atoms with Gasteiger partial charge in [-0.25, -0.2) is 13.1 Å². The highest BCUT2D eigenvalue weighted by atomic mass is 32.2. The first-order valence-electron chi connectivity index (χ1n) is 13.8. The normalized spacial score (nSPS) is 20.2. The maximum absolute atomic E-state index is 13.9. The van der Waals surface area contributed by atoms with Gasteiger partial charge in [0, 0.05) is 51.8 Å². The van der Waals surface area contributed by atoms with E-state index in [0.717, 1.165) is 10.8 Å². The van der Waals surface area contributed by atoms with Crippen LogP contribution in [0.25, 0.3) is 10.8 Å². The fraction of sp³-hybridized carbons (Fsp3) is 0.345. The monoisotopic (exact) mass is 605 g/mol. The molecule has 0 saturated carbocycles. The van der Waals surface area contributed by atoms with Gasteiger partial charge in [-0.2, -0.15) is 4.31 Å². The van der Waals surface area contributed by atoms with Gasteiger partial charge >= 0.3 is 0 Å². The van der Waals surface area contributed by atoms with Gasteiger partial charge in [0.05, 0.1) is 30.8 Å². The molecule has 6 rings (SSSR count). The maximum atomic E-state index is 13.9. The average Bonchev–Trinajstić information content (AvgIpc) is 3.64. The topological polar surface area (TPSA) is 149 Å². The van der Waals surface area contributed by atoms with Crippen LogP contribution >= 0.6 is 0 Å². The number of pyridine rings is 1. The van der Waals surface area contributed by atoms with Crippen LogP contribution in [0.15, 0.2) is 70.6 Å². The maximum Gasteiger partial charge on any atom is 0.263 e. The molecular formula is C29H31N7O6S. The van der Waals surface area contributed by atoms with Gasteiger partial charge in [0.2, 0.25) is 15.9 Å². The largest absolute Gasteiger partial charge is 0.497 e. The number of aromatic nitrogens is 4. The molecule has 1 saturated heterocycles. The summed E-state index contributed by atoms with van der Waals surface area (Å²) in [5.74, 6) is -0.443. The molecule has 2 aliphatic heterocycles. The number of carbonyl (C=O) groups is 2. The first kappa shape index (κ1) is 28.6. The highest BCUT2D eigenvalue weighted by Crippen LogP contribution is 2.35. The van der Waals surface area contributed by atoms with Crippen LogP contribution in [-0.2, 0) is 21.4 Å². The number of nitrogens with one attached hydrogen (secondary N) is 1. The summed E-state index contributed by atoms with van der Waals surface area (Å²) >= 11 is 0. The van der Waals surface area contributed by atoms with Crippen molar-refractivity contribution < 1.29 is 22.7 Å². The number of fused-ring (bicyclic) bond motifs is 7. The summed E-state index contributed by atoms with van der Waals surface area (Å²) in [7, 11) is -0.767. The van der Waals surface area contributed by atoms with Crippen LogP contribution in [-0.4, -0.2) is 89.3 Å². The number of nitrogens with zero attached hydrogens (tertiary/aromatic N) is 6. The molecule has 224 valence electrons. The summed E-state index contributed by atoms with van der Waals surface area (Å²) in [6.45, 7) is 0.651. The third-order valence-electron chi connectivity index (χ3n) is 8.07. The van der Waals surface area contributed by atoms with Gasteiger partial charge in [-0.1, -0.05) is 17.3 Å². The number of hydrogen-bond acceptors (Lipinski definition) is 8. The van der Waals surface area contributed by atoms with Gasteiger partial charge in [0.1, 0.15) is 17.0 Å². The summed E-state index contributed by atoms with van der Waals surface area (Å²) in [5.41, 5.74) is 0.0110. The number of carbonyl (C=O) groups excluding carboxylic acids is 2. The Bertz CT molecular complexity index is 1890. The molecule has 43 heavy (non-hydrogen) atoms. The zero-order valence-electron chi connectivity index (χ0n) is 23.7. The van der Waals surface area contributed by atoms with Crippen molar-refractivity contribution in [2.24, 2.45) is 5.92 Å². The fourth-order valence-corrected chi connectivity index (χ4v) is 7.23. The molecule has 14 heteroatoms. The number of methoxy groups -OCH3 is 1. The number of ether oxygens (including phenoxy) is 1. The molecule has 0 spiro atoms. The highest BCUT2D eigenvalue weighted by molar-refractivity contribution is 7.89. The van der Waals surface area contributed by atoms with Gasteiger partial charge in [0.15, 0.2) is 0 Å². The summed E-state index contributed by atoms with van der Waals surface area (Å²) < 4.78 is 37.3. The van der Waals surface area contributed by atoms with E-state index in [1.165, 1.54) is 19.8 Å². The lowest BCUT2D eigenvalue weighted by molar-refractivity contribution is -0.122. The lowest BCUT2D eigenvalue weighted by atomic mass is 9.99. The van der Waals surface area contributed by atoms with Gasteiger partial charge in [-0.3, -0.25) is 14.4 Å². The van der Waals surface area contributed by atoms with Crippen molar-refractivity contribution >= 4 is 32.6 Å². The minimum atomic E-state index is -3.91. The Kier molecular flexibility index (Phi) is 7.48. The number of hydrogen-bond donors (Lipinski definition) is 1. The van der Waals surface area contributed by atoms with Crippen LogP contribution < -0.4 is 15.6 Å². The van der Waals surface area contributed by atoms with E-state index in [1.54, 1.807) is 61.6 Å². The molecule has 1 N–H and O–H groups in total. The summed E-state index contributed by atoms with van der Waals surface area (Å²) in [6, 6.07) is 13.0. The molecule has 13 nitrogen and oxygen atoms in total. The third-order valence-corrected chi connectivity index (χ3v) is 9.90. The van der Waals surface area contributed by atoms with Crippen molar-refractivity contribution in [3.05, 3.63) is 82.5 Å². The van der Waals surface area contributed by atoms with Crippen molar-refractivity contribution in [3.8, 4) is 5.75 Å². The Hall–Kier alpha value is -4.56. The molecule has 2 aromatic carbocycles. The molecule has 4 aromatic rings. The smallest absolute Gasteiger partial charge is 0.263 e. The van der Waals surface area contributed by atoms with Crippen LogP contribution in [0.2, 0.25) is 0 Å². The minimum absolute atomic E-state index is 0.0142. The molecule has 4 bridgehead atoms. The van der Waals surface area contributed by atoms with E-state index >= 15 is 0 Å². The minimum Gasteiger partial charge on any atom is -0.497 e. The van der Waals surface area contributed by atoms with Crippen LogP contribution in [0.4, 0.5) is 0 Å². The van der Waals surface area contributed by atoms with Crippen molar-refractivity contribution in [2.75, 3.05) is 40.3 Å². The van der Waals surface area contributed by atoms with E-state index in [9.17, 15) is 22.8 Å². The molecule has 0 aliphatic carbocycles. The zero-order valence-corrected chi connectivity index (χ0v) is 24.5. The fourth-order valence-electron chi connectivity index (χ4n) is 5.68. The van der Waals surface area contributed by atoms with Crippen molar-refractivity contribution in [3.63, 3.8) is 0 Å². The van der Waals surface area contributed by atoms with Gasteiger partial charge in [0.25, 0.3) is 11.5 Å². The van der Waals surface area contributed by atoms with Gasteiger partial charge in [-0.05, 0) is 47.2 Å². The standard InChI is InChI=1S/C29H31N7O6S/c1-33-11-9-30-27(37)14-21-15-35(43(40,41)24-8-6-19-12-23(42-2)7-5-20(19)13-24)18-26(21)36-17-22(31-32-36)16-34-10-3-4-25(28(33)38)29(34)39/h3-8,10,12-13,17,21,26H,9,11,14-16,18H2,1-2H3,(H,30,37)/t21-,26+/m0/s1. The lowest BCUT2D eigenvalue weighted by Gasteiger charge is -2.20. The molecule has 4 heterocycles. The lowest BCUT2D eigenvalue weighted by Crippen LogP contribution is -2.39. The van der Waals surface area contributed by atoms with Gasteiger partial charge < -0.3 is 19.5 Å². The number of benzene rings is 2. The van der Waals surface area contributed by atoms with Crippen molar-refractivity contribution in [1.82, 2.24) is 34.1 Å². The molecule has 2 atom stereocenters. The Labute approximate surface area is 247 Å². The first-order chi connectivity index (χ1) is 20.6. The zero-order chi connectivity index (χ0) is 30.3. The second-order valence-electron chi connectivity index (χ2n) is 10.8. The molecule has 0 radical (unpaired) electrons. The Balaban J connectivity index is 1.32. The molecule has 1 fully saturated rings. The van der Waals surface area contributed by atoms with E-state index < -0.39 is 33.4 Å². The van der Waals surface area contributed by atoms with E-state index in [4.69, 9.17) is 4.74 Å². The number of rotatable bonds is 3. The number of sulfonamides is 1. The quantitative estimate of drug-likeness (QED) is 0.365. The predicted molar refractivity (Wildman–Crippen MR) is 156 cm³/mol. The SMILES string of the molecule is COc1ccc2cc(S(=O)(=O)N3C[C@@H]4CC(=O)NCCN(C)C(=O)c5cccn(c5=O)Cc5cn(nn5)[C@@H]4C3)ccc2c1. The number of amides is 2. The highest BCUT2D eigenvalue weighted by Gasteiger charge is 2.42. The second kappa shape index (κ2) is 11.3. The Morgan fingerprint density at radius 1 is 1.02 bits per heavy atom. The van der Waals surface area contributed by atoms with Gasteiger partial charge in [-0.15, -0.1) is 5.10 Å². The third kappa shape index (κ3) is 5.50. The Morgan fingerprint density at radius 3 is 2.63 bits per heavy atom. The van der Waals surface area contributed by atoms with E-state index in [-0.39, 0.29) is 55.5 Å². The predicted octanol–water partition coefficient (Wildman–Crippen LogP) is 1.10. The van der Waals surface area contributed by atoms with Crippen LogP contribution in [0, 0.1) is 5.92 Å². The second-order valence-corrected chi connectivity index (χ2v) is 12.8. The van der Waals surface area contributed by atoms with Crippen molar-refractivity contribution in [2.45, 2.75) is 23.9 Å². The summed E-state index contributed by atoms with van der Waals surface area (Å²) in [6.07, 6.45) is 3.29.